The van der Waals surface area contributed by atoms with Crippen LogP contribution in [-0.2, 0) is 17.1 Å². The number of nitriles is 1. The summed E-state index contributed by atoms with van der Waals surface area (Å²) in [5, 5.41) is 9.35. The number of hydrazine groups is 1. The Balaban J connectivity index is 2.01. The second-order valence-electron chi connectivity index (χ2n) is 5.54. The van der Waals surface area contributed by atoms with Crippen LogP contribution in [0.4, 0.5) is 5.95 Å². The van der Waals surface area contributed by atoms with Crippen molar-refractivity contribution >= 4 is 16.0 Å². The van der Waals surface area contributed by atoms with Gasteiger partial charge < -0.3 is 0 Å². The van der Waals surface area contributed by atoms with Crippen LogP contribution in [0.3, 0.4) is 0 Å². The third-order valence-corrected chi connectivity index (χ3v) is 5.06. The fourth-order valence-electron chi connectivity index (χ4n) is 2.39. The zero-order chi connectivity index (χ0) is 19.4. The maximum atomic E-state index is 12.5. The third-order valence-electron chi connectivity index (χ3n) is 3.80. The van der Waals surface area contributed by atoms with E-state index < -0.39 is 15.6 Å². The number of benzene rings is 2. The van der Waals surface area contributed by atoms with Crippen molar-refractivity contribution in [1.82, 2.24) is 14.4 Å². The average Bonchev–Trinajstić information content (AvgIpc) is 2.70. The van der Waals surface area contributed by atoms with Gasteiger partial charge in [0.1, 0.15) is 11.6 Å². The number of anilines is 1. The van der Waals surface area contributed by atoms with Gasteiger partial charge in [-0.3, -0.25) is 14.8 Å². The molecule has 2 N–H and O–H groups in total. The molecule has 0 aliphatic carbocycles. The fraction of sp³-hybridized carbons (Fsp3) is 0.0556. The van der Waals surface area contributed by atoms with Gasteiger partial charge in [-0.25, -0.2) is 13.4 Å². The molecule has 0 unspecified atom stereocenters. The van der Waals surface area contributed by atoms with Crippen molar-refractivity contribution in [2.24, 2.45) is 7.05 Å². The van der Waals surface area contributed by atoms with Crippen molar-refractivity contribution in [3.63, 3.8) is 0 Å². The summed E-state index contributed by atoms with van der Waals surface area (Å²) in [5.41, 5.74) is 2.48. The Morgan fingerprint density at radius 3 is 2.22 bits per heavy atom. The quantitative estimate of drug-likeness (QED) is 0.649. The molecule has 27 heavy (non-hydrogen) atoms. The first-order chi connectivity index (χ1) is 12.9. The van der Waals surface area contributed by atoms with E-state index in [1.165, 1.54) is 19.2 Å². The Bertz CT molecular complexity index is 1170. The maximum Gasteiger partial charge on any atom is 0.273 e. The van der Waals surface area contributed by atoms with Gasteiger partial charge in [-0.1, -0.05) is 48.5 Å². The molecule has 0 fully saturated rings. The van der Waals surface area contributed by atoms with Crippen LogP contribution in [0, 0.1) is 11.3 Å². The predicted octanol–water partition coefficient (Wildman–Crippen LogP) is 1.62. The topological polar surface area (TPSA) is 117 Å². The molecule has 8 nitrogen and oxygen atoms in total. The summed E-state index contributed by atoms with van der Waals surface area (Å²) in [6, 6.07) is 18.3. The van der Waals surface area contributed by atoms with Crippen LogP contribution in [0.5, 0.6) is 0 Å². The van der Waals surface area contributed by atoms with Crippen LogP contribution >= 0.6 is 0 Å². The van der Waals surface area contributed by atoms with Gasteiger partial charge >= 0.3 is 0 Å². The number of nitrogens with zero attached hydrogens (tertiary/aromatic N) is 3. The highest BCUT2D eigenvalue weighted by Crippen LogP contribution is 2.20. The molecule has 0 radical (unpaired) electrons. The van der Waals surface area contributed by atoms with Crippen molar-refractivity contribution in [3.8, 4) is 17.3 Å². The standard InChI is InChI=1S/C18H15N5O3S/c1-23-17(24)15(12-19)16(13-8-4-2-5-9-13)20-18(23)21-22-27(25,26)14-10-6-3-7-11-14/h2-11,22H,1H3,(H,20,21). The zero-order valence-corrected chi connectivity index (χ0v) is 15.1. The molecule has 9 heteroatoms. The molecule has 0 aliphatic heterocycles. The molecule has 2 aromatic carbocycles. The van der Waals surface area contributed by atoms with Crippen LogP contribution in [-0.4, -0.2) is 18.0 Å². The minimum atomic E-state index is -3.86. The Morgan fingerprint density at radius 1 is 1.04 bits per heavy atom. The lowest BCUT2D eigenvalue weighted by atomic mass is 10.1. The molecule has 0 aliphatic rings. The summed E-state index contributed by atoms with van der Waals surface area (Å²) in [7, 11) is -2.47. The van der Waals surface area contributed by atoms with Gasteiger partial charge in [0, 0.05) is 12.6 Å². The van der Waals surface area contributed by atoms with Crippen LogP contribution in [0.25, 0.3) is 11.3 Å². The van der Waals surface area contributed by atoms with Gasteiger partial charge in [0.2, 0.25) is 5.95 Å². The van der Waals surface area contributed by atoms with E-state index in [9.17, 15) is 18.5 Å². The zero-order valence-electron chi connectivity index (χ0n) is 14.2. The Labute approximate surface area is 155 Å². The van der Waals surface area contributed by atoms with E-state index in [-0.39, 0.29) is 22.1 Å². The molecule has 0 saturated heterocycles. The van der Waals surface area contributed by atoms with E-state index in [1.807, 2.05) is 6.07 Å². The smallest absolute Gasteiger partial charge is 0.273 e. The Hall–Kier alpha value is -3.48. The molecule has 0 amide bonds. The molecule has 136 valence electrons. The summed E-state index contributed by atoms with van der Waals surface area (Å²) in [4.78, 5) is 19.0. The first kappa shape index (κ1) is 18.3. The van der Waals surface area contributed by atoms with Crippen LogP contribution in [0.15, 0.2) is 70.4 Å². The minimum Gasteiger partial charge on any atom is -0.280 e. The molecule has 0 bridgehead atoms. The summed E-state index contributed by atoms with van der Waals surface area (Å²) >= 11 is 0. The summed E-state index contributed by atoms with van der Waals surface area (Å²) < 4.78 is 25.7. The molecular weight excluding hydrogens is 366 g/mol. The van der Waals surface area contributed by atoms with E-state index >= 15 is 0 Å². The minimum absolute atomic E-state index is 0.0441. The number of nitrogens with one attached hydrogen (secondary N) is 2. The number of rotatable bonds is 5. The van der Waals surface area contributed by atoms with Gasteiger partial charge in [0.15, 0.2) is 0 Å². The van der Waals surface area contributed by atoms with Gasteiger partial charge in [0.05, 0.1) is 10.6 Å². The van der Waals surface area contributed by atoms with Gasteiger partial charge in [-0.2, -0.15) is 5.26 Å². The predicted molar refractivity (Wildman–Crippen MR) is 100 cm³/mol. The SMILES string of the molecule is Cn1c(NNS(=O)(=O)c2ccccc2)nc(-c2ccccc2)c(C#N)c1=O. The Kier molecular flexibility index (Phi) is 5.03. The highest BCUT2D eigenvalue weighted by molar-refractivity contribution is 7.89. The van der Waals surface area contributed by atoms with Crippen molar-refractivity contribution in [3.05, 3.63) is 76.6 Å². The molecule has 3 aromatic rings. The second kappa shape index (κ2) is 7.41. The fourth-order valence-corrected chi connectivity index (χ4v) is 3.25. The average molecular weight is 381 g/mol. The molecule has 1 aromatic heterocycles. The molecule has 3 rings (SSSR count). The largest absolute Gasteiger partial charge is 0.280 e. The lowest BCUT2D eigenvalue weighted by Gasteiger charge is -2.14. The summed E-state index contributed by atoms with van der Waals surface area (Å²) in [6.07, 6.45) is 0. The van der Waals surface area contributed by atoms with Crippen molar-refractivity contribution in [1.29, 1.82) is 5.26 Å². The Morgan fingerprint density at radius 2 is 1.63 bits per heavy atom. The number of hydrogen-bond donors (Lipinski definition) is 2. The monoisotopic (exact) mass is 381 g/mol. The van der Waals surface area contributed by atoms with Crippen molar-refractivity contribution < 1.29 is 8.42 Å². The van der Waals surface area contributed by atoms with Crippen molar-refractivity contribution in [2.75, 3.05) is 5.43 Å². The second-order valence-corrected chi connectivity index (χ2v) is 7.23. The summed E-state index contributed by atoms with van der Waals surface area (Å²) in [6.45, 7) is 0. The normalized spacial score (nSPS) is 11.0. The van der Waals surface area contributed by atoms with Crippen LogP contribution < -0.4 is 15.8 Å². The lowest BCUT2D eigenvalue weighted by Crippen LogP contribution is -2.34. The molecule has 0 saturated carbocycles. The first-order valence-electron chi connectivity index (χ1n) is 7.83. The van der Waals surface area contributed by atoms with E-state index in [0.29, 0.717) is 5.56 Å². The summed E-state index contributed by atoms with van der Waals surface area (Å²) in [5.74, 6) is -0.0441. The van der Waals surface area contributed by atoms with Gasteiger partial charge in [-0.15, -0.1) is 4.83 Å². The van der Waals surface area contributed by atoms with E-state index in [0.717, 1.165) is 4.57 Å². The van der Waals surface area contributed by atoms with Gasteiger partial charge in [-0.05, 0) is 12.1 Å². The van der Waals surface area contributed by atoms with Crippen LogP contribution in [0.1, 0.15) is 5.56 Å². The highest BCUT2D eigenvalue weighted by atomic mass is 32.2. The van der Waals surface area contributed by atoms with E-state index in [4.69, 9.17) is 0 Å². The molecule has 1 heterocycles. The van der Waals surface area contributed by atoms with Crippen LogP contribution in [0.2, 0.25) is 0 Å². The van der Waals surface area contributed by atoms with E-state index in [2.05, 4.69) is 15.2 Å². The van der Waals surface area contributed by atoms with Crippen molar-refractivity contribution in [2.45, 2.75) is 4.90 Å². The third kappa shape index (κ3) is 3.72. The molecule has 0 spiro atoms. The first-order valence-corrected chi connectivity index (χ1v) is 9.32. The number of sulfonamides is 1. The lowest BCUT2D eigenvalue weighted by molar-refractivity contribution is 0.586. The van der Waals surface area contributed by atoms with Gasteiger partial charge in [0.25, 0.3) is 15.6 Å². The van der Waals surface area contributed by atoms with E-state index in [1.54, 1.807) is 48.5 Å². The maximum absolute atomic E-state index is 12.5. The highest BCUT2D eigenvalue weighted by Gasteiger charge is 2.18. The molecule has 0 atom stereocenters. The number of hydrogen-bond acceptors (Lipinski definition) is 6. The number of aromatic nitrogens is 2. The molecular formula is C18H15N5O3S.